The molecule has 0 saturated carbocycles. The summed E-state index contributed by atoms with van der Waals surface area (Å²) < 4.78 is 21.2. The van der Waals surface area contributed by atoms with Crippen LogP contribution >= 0.6 is 73.4 Å². The van der Waals surface area contributed by atoms with Crippen molar-refractivity contribution in [2.24, 2.45) is 0 Å². The number of rotatable bonds is 0. The van der Waals surface area contributed by atoms with Crippen molar-refractivity contribution in [1.82, 2.24) is 0 Å². The molecule has 70 valence electrons. The van der Waals surface area contributed by atoms with Crippen molar-refractivity contribution in [1.29, 1.82) is 0 Å². The average Bonchev–Trinajstić information content (AvgIpc) is 1.81. The molecule has 0 spiro atoms. The summed E-state index contributed by atoms with van der Waals surface area (Å²) in [6.07, 6.45) is 0. The van der Waals surface area contributed by atoms with Crippen LogP contribution in [0.4, 0.5) is 0 Å². The van der Waals surface area contributed by atoms with Crippen molar-refractivity contribution in [2.45, 2.75) is 0 Å². The fourth-order valence-corrected chi connectivity index (χ4v) is 0. The topological polar surface area (TPSA) is 57.5 Å². The summed E-state index contributed by atoms with van der Waals surface area (Å²) in [6, 6.07) is 0. The Balaban J connectivity index is -0.00000000225. The predicted molar refractivity (Wildman–Crippen MR) is 45.8 cm³/mol. The Hall–Kier alpha value is 2.17. The molecule has 10 heavy (non-hydrogen) atoms. The maximum atomic E-state index is 8.25. The molecule has 0 radical (unpaired) electrons. The Morgan fingerprint density at radius 2 is 0.700 bits per heavy atom. The van der Waals surface area contributed by atoms with Crippen LogP contribution in [0.25, 0.3) is 0 Å². The zero-order valence-corrected chi connectivity index (χ0v) is 10.5. The Kier molecular flexibility index (Phi) is 1390. The molecule has 0 rings (SSSR count). The molecule has 0 aliphatic rings. The van der Waals surface area contributed by atoms with Crippen LogP contribution in [0.5, 0.6) is 0 Å². The van der Waals surface area contributed by atoms with Gasteiger partial charge in [0, 0.05) is 0 Å². The second-order valence-corrected chi connectivity index (χ2v) is 0. The van der Waals surface area contributed by atoms with E-state index >= 15 is 0 Å². The first-order valence-electron chi connectivity index (χ1n) is 0.542. The first-order chi connectivity index (χ1) is 3.00. The summed E-state index contributed by atoms with van der Waals surface area (Å²) in [4.78, 5) is 0. The van der Waals surface area contributed by atoms with Crippen LogP contribution in [0, 0.1) is 0 Å². The molecule has 0 aliphatic carbocycles. The van der Waals surface area contributed by atoms with Gasteiger partial charge in [0.15, 0.2) is 0 Å². The van der Waals surface area contributed by atoms with E-state index in [0.29, 0.717) is 0 Å². The van der Waals surface area contributed by atoms with Crippen molar-refractivity contribution >= 4 is 73.4 Å². The van der Waals surface area contributed by atoms with E-state index in [9.17, 15) is 0 Å². The molecule has 10 heteroatoms. The summed E-state index contributed by atoms with van der Waals surface area (Å²) in [5.41, 5.74) is 0. The third-order valence-electron chi connectivity index (χ3n) is 0. The van der Waals surface area contributed by atoms with Gasteiger partial charge in [0.05, 0.1) is 23.7 Å². The molecule has 0 aliphatic heterocycles. The summed E-state index contributed by atoms with van der Waals surface area (Å²) in [5, 5.41) is 0. The van der Waals surface area contributed by atoms with Crippen LogP contribution in [0.15, 0.2) is 0 Å². The quantitative estimate of drug-likeness (QED) is 0.671. The van der Waals surface area contributed by atoms with E-state index in [-0.39, 0.29) is 49.6 Å². The van der Waals surface area contributed by atoms with Crippen molar-refractivity contribution in [2.75, 3.05) is 0 Å². The normalized spacial score (nSPS) is 1.50. The number of hydrogen-bond acceptors (Lipinski definition) is 3. The number of hydrogen-bond donors (Lipinski definition) is 2. The maximum absolute atomic E-state index is 8.25. The standard InChI is InChI=1S/2ClHO.4ClH.O.Ti/c2*1-2;;;;;;/h2*2H;4*1H;;. The van der Waals surface area contributed by atoms with Gasteiger partial charge in [-0.1, -0.05) is 0 Å². The van der Waals surface area contributed by atoms with Crippen LogP contribution in [0.3, 0.4) is 0 Å². The molecule has 0 fully saturated rings. The molecule has 0 bridgehead atoms. The molecule has 0 heterocycles. The van der Waals surface area contributed by atoms with E-state index in [0.717, 1.165) is 20.4 Å². The Bertz CT molecular complexity index is 13.0. The summed E-state index contributed by atoms with van der Waals surface area (Å²) in [6.45, 7) is 0. The van der Waals surface area contributed by atoms with E-state index in [2.05, 4.69) is 23.7 Å². The summed E-state index contributed by atoms with van der Waals surface area (Å²) >= 11 is 8.03. The van der Waals surface area contributed by atoms with Crippen LogP contribution in [0.1, 0.15) is 0 Å². The van der Waals surface area contributed by atoms with Gasteiger partial charge in [-0.05, 0) is 0 Å². The molecule has 0 aromatic heterocycles. The minimum absolute atomic E-state index is 0. The molecule has 0 aromatic rings. The van der Waals surface area contributed by atoms with Crippen LogP contribution in [-0.4, -0.2) is 9.32 Å². The first kappa shape index (κ1) is 56.8. The van der Waals surface area contributed by atoms with Crippen LogP contribution in [-0.2, 0) is 23.7 Å². The van der Waals surface area contributed by atoms with E-state index < -0.39 is 0 Å². The van der Waals surface area contributed by atoms with E-state index in [1.165, 1.54) is 0 Å². The van der Waals surface area contributed by atoms with Gasteiger partial charge in [-0.2, -0.15) is 0 Å². The summed E-state index contributed by atoms with van der Waals surface area (Å²) in [5.74, 6) is 0. The van der Waals surface area contributed by atoms with Crippen molar-refractivity contribution in [3.8, 4) is 0 Å². The fourth-order valence-electron chi connectivity index (χ4n) is 0. The van der Waals surface area contributed by atoms with Crippen LogP contribution < -0.4 is 0 Å². The van der Waals surface area contributed by atoms with E-state index in [1.54, 1.807) is 0 Å². The second kappa shape index (κ2) is 245. The molecule has 0 amide bonds. The average molecular weight is 315 g/mol. The van der Waals surface area contributed by atoms with Crippen molar-refractivity contribution in [3.05, 3.63) is 0 Å². The van der Waals surface area contributed by atoms with Crippen molar-refractivity contribution < 1.29 is 33.0 Å². The molecule has 0 atom stereocenters. The number of halogens is 6. The predicted octanol–water partition coefficient (Wildman–Crippen LogP) is 1.83. The Labute approximate surface area is 106 Å². The third kappa shape index (κ3) is 181. The molecule has 3 nitrogen and oxygen atoms in total. The first-order valence-corrected chi connectivity index (χ1v) is 1.86. The Morgan fingerprint density at radius 1 is 0.700 bits per heavy atom. The van der Waals surface area contributed by atoms with E-state index in [4.69, 9.17) is 12.6 Å². The van der Waals surface area contributed by atoms with Gasteiger partial charge in [0.25, 0.3) is 0 Å². The van der Waals surface area contributed by atoms with Gasteiger partial charge < -0.3 is 0 Å². The molecule has 0 aromatic carbocycles. The molecular weight excluding hydrogens is 309 g/mol. The van der Waals surface area contributed by atoms with Gasteiger partial charge in [0.2, 0.25) is 0 Å². The Morgan fingerprint density at radius 3 is 0.700 bits per heavy atom. The minimum atomic E-state index is 0. The zero-order chi connectivity index (χ0) is 6.00. The van der Waals surface area contributed by atoms with Gasteiger partial charge in [0.1, 0.15) is 0 Å². The molecule has 2 N–H and O–H groups in total. The van der Waals surface area contributed by atoms with Crippen molar-refractivity contribution in [3.63, 3.8) is 0 Å². The monoisotopic (exact) mass is 312 g/mol. The van der Waals surface area contributed by atoms with Gasteiger partial charge in [-0.3, -0.25) is 9.32 Å². The summed E-state index contributed by atoms with van der Waals surface area (Å²) in [7, 11) is 0. The molecular formula is H6Cl6O3Ti. The molecule has 0 unspecified atom stereocenters. The SMILES string of the molecule is Cl.Cl.Cl.Cl.OCl.OCl.[O]=[Ti]. The van der Waals surface area contributed by atoms with Crippen LogP contribution in [0.2, 0.25) is 0 Å². The second-order valence-electron chi connectivity index (χ2n) is 0. The van der Waals surface area contributed by atoms with Gasteiger partial charge >= 0.3 is 23.7 Å². The van der Waals surface area contributed by atoms with Gasteiger partial charge in [-0.15, -0.1) is 49.6 Å². The third-order valence-corrected chi connectivity index (χ3v) is 0. The molecule has 0 saturated heterocycles. The fraction of sp³-hybridized carbons (Fsp3) is 0. The van der Waals surface area contributed by atoms with Gasteiger partial charge in [-0.25, -0.2) is 0 Å². The zero-order valence-electron chi connectivity index (χ0n) is 4.19. The van der Waals surface area contributed by atoms with E-state index in [1.807, 2.05) is 0 Å².